The van der Waals surface area contributed by atoms with Crippen LogP contribution in [-0.2, 0) is 16.0 Å². The van der Waals surface area contributed by atoms with Crippen LogP contribution in [0.3, 0.4) is 0 Å². The fourth-order valence-corrected chi connectivity index (χ4v) is 5.35. The number of carbonyl (C=O) groups excluding carboxylic acids is 2. The Bertz CT molecular complexity index is 1500. The van der Waals surface area contributed by atoms with Crippen LogP contribution >= 0.6 is 12.4 Å². The number of pyridine rings is 1. The smallest absolute Gasteiger partial charge is 0.368 e. The number of aromatic amines is 1. The molecule has 5 N–H and O–H groups in total. The van der Waals surface area contributed by atoms with Gasteiger partial charge in [0.25, 0.3) is 0 Å². The third-order valence-electron chi connectivity index (χ3n) is 7.64. The van der Waals surface area contributed by atoms with Crippen molar-refractivity contribution in [1.82, 2.24) is 15.1 Å². The predicted molar refractivity (Wildman–Crippen MR) is 158 cm³/mol. The summed E-state index contributed by atoms with van der Waals surface area (Å²) in [5.74, 6) is -0.933. The first-order chi connectivity index (χ1) is 19.4. The maximum Gasteiger partial charge on any atom is 0.439 e. The van der Waals surface area contributed by atoms with E-state index in [1.54, 1.807) is 41.6 Å². The van der Waals surface area contributed by atoms with E-state index in [4.69, 9.17) is 11.5 Å². The molecule has 4 aromatic rings. The molecule has 41 heavy (non-hydrogen) atoms. The number of aromatic nitrogens is 3. The number of primary amides is 1. The molecule has 0 saturated heterocycles. The minimum atomic E-state index is -0.901. The monoisotopic (exact) mass is 576 g/mol. The summed E-state index contributed by atoms with van der Waals surface area (Å²) in [7, 11) is 0. The van der Waals surface area contributed by atoms with Crippen LogP contribution in [0.25, 0.3) is 22.5 Å². The first-order valence-corrected chi connectivity index (χ1v) is 13.4. The van der Waals surface area contributed by atoms with E-state index in [1.165, 1.54) is 0 Å². The molecule has 0 aliphatic heterocycles. The van der Waals surface area contributed by atoms with Gasteiger partial charge in [-0.05, 0) is 85.2 Å². The third kappa shape index (κ3) is 6.90. The molecule has 214 valence electrons. The van der Waals surface area contributed by atoms with Gasteiger partial charge in [0, 0.05) is 36.0 Å². The second-order valence-corrected chi connectivity index (χ2v) is 10.2. The highest BCUT2D eigenvalue weighted by Crippen LogP contribution is 2.33. The SMILES string of the molecule is Cl.NC[C@H]1CC[C@H](C(=O)N(c2ccc(-c3noc(=O)[nH]3)cc2)[C@@H](Cc2ccc(-c3cccnc3)cc2)C(N)=O)CC1. The lowest BCUT2D eigenvalue weighted by Gasteiger charge is -2.35. The summed E-state index contributed by atoms with van der Waals surface area (Å²) >= 11 is 0. The first kappa shape index (κ1) is 29.7. The fourth-order valence-electron chi connectivity index (χ4n) is 5.35. The molecule has 1 aliphatic carbocycles. The molecule has 2 amide bonds. The topological polar surface area (TPSA) is 161 Å². The Morgan fingerprint density at radius 2 is 1.66 bits per heavy atom. The average molecular weight is 577 g/mol. The molecule has 1 atom stereocenters. The number of rotatable bonds is 9. The van der Waals surface area contributed by atoms with Crippen molar-refractivity contribution in [3.8, 4) is 22.5 Å². The van der Waals surface area contributed by atoms with E-state index in [9.17, 15) is 14.4 Å². The summed E-state index contributed by atoms with van der Waals surface area (Å²) in [5, 5.41) is 3.72. The second kappa shape index (κ2) is 13.4. The van der Waals surface area contributed by atoms with Crippen LogP contribution in [0.15, 0.2) is 82.4 Å². The van der Waals surface area contributed by atoms with Gasteiger partial charge in [0.05, 0.1) is 0 Å². The van der Waals surface area contributed by atoms with E-state index in [0.29, 0.717) is 36.6 Å². The molecule has 2 aromatic carbocycles. The number of amides is 2. The fraction of sp³-hybridized carbons (Fsp3) is 0.300. The van der Waals surface area contributed by atoms with Crippen molar-refractivity contribution in [2.45, 2.75) is 38.1 Å². The van der Waals surface area contributed by atoms with E-state index in [1.807, 2.05) is 36.4 Å². The van der Waals surface area contributed by atoms with Gasteiger partial charge in [-0.15, -0.1) is 12.4 Å². The van der Waals surface area contributed by atoms with Crippen molar-refractivity contribution in [2.24, 2.45) is 23.3 Å². The van der Waals surface area contributed by atoms with Gasteiger partial charge >= 0.3 is 5.76 Å². The molecule has 10 nitrogen and oxygen atoms in total. The summed E-state index contributed by atoms with van der Waals surface area (Å²) in [6, 6.07) is 17.7. The number of nitrogens with zero attached hydrogens (tertiary/aromatic N) is 3. The van der Waals surface area contributed by atoms with Crippen LogP contribution in [0.1, 0.15) is 31.2 Å². The molecule has 5 rings (SSSR count). The van der Waals surface area contributed by atoms with Crippen LogP contribution < -0.4 is 22.1 Å². The van der Waals surface area contributed by atoms with Gasteiger partial charge in [0.2, 0.25) is 11.8 Å². The third-order valence-corrected chi connectivity index (χ3v) is 7.64. The van der Waals surface area contributed by atoms with Crippen LogP contribution in [0.5, 0.6) is 0 Å². The Morgan fingerprint density at radius 3 is 2.22 bits per heavy atom. The van der Waals surface area contributed by atoms with Crippen LogP contribution in [0.4, 0.5) is 5.69 Å². The molecule has 2 aromatic heterocycles. The van der Waals surface area contributed by atoms with Gasteiger partial charge in [-0.1, -0.05) is 35.5 Å². The number of hydrogen-bond acceptors (Lipinski definition) is 7. The minimum Gasteiger partial charge on any atom is -0.368 e. The zero-order valence-electron chi connectivity index (χ0n) is 22.4. The summed E-state index contributed by atoms with van der Waals surface area (Å²) in [6.07, 6.45) is 6.93. The van der Waals surface area contributed by atoms with Crippen molar-refractivity contribution >= 4 is 29.9 Å². The molecule has 2 heterocycles. The number of nitrogens with two attached hydrogens (primary N) is 2. The molecule has 0 unspecified atom stereocenters. The van der Waals surface area contributed by atoms with Crippen LogP contribution in [-0.4, -0.2) is 39.5 Å². The van der Waals surface area contributed by atoms with Gasteiger partial charge in [0.1, 0.15) is 6.04 Å². The summed E-state index contributed by atoms with van der Waals surface area (Å²) in [6.45, 7) is 0.606. The van der Waals surface area contributed by atoms with E-state index in [0.717, 1.165) is 29.5 Å². The number of hydrogen-bond donors (Lipinski definition) is 3. The Kier molecular flexibility index (Phi) is 9.69. The Labute approximate surface area is 243 Å². The van der Waals surface area contributed by atoms with Gasteiger partial charge in [-0.3, -0.25) is 29.0 Å². The lowest BCUT2D eigenvalue weighted by Crippen LogP contribution is -2.52. The predicted octanol–water partition coefficient (Wildman–Crippen LogP) is 3.71. The summed E-state index contributed by atoms with van der Waals surface area (Å²) < 4.78 is 4.61. The quantitative estimate of drug-likeness (QED) is 0.273. The first-order valence-electron chi connectivity index (χ1n) is 13.4. The molecule has 11 heteroatoms. The zero-order chi connectivity index (χ0) is 28.1. The number of halogens is 1. The van der Waals surface area contributed by atoms with Gasteiger partial charge in [0.15, 0.2) is 5.82 Å². The van der Waals surface area contributed by atoms with Crippen molar-refractivity contribution in [3.63, 3.8) is 0 Å². The molecule has 1 fully saturated rings. The molecular weight excluding hydrogens is 544 g/mol. The second-order valence-electron chi connectivity index (χ2n) is 10.2. The largest absolute Gasteiger partial charge is 0.439 e. The van der Waals surface area contributed by atoms with Gasteiger partial charge in [-0.2, -0.15) is 0 Å². The Hall–Kier alpha value is -4.28. The molecule has 1 saturated carbocycles. The van der Waals surface area contributed by atoms with E-state index >= 15 is 0 Å². The number of benzene rings is 2. The average Bonchev–Trinajstić information content (AvgIpc) is 3.44. The highest BCUT2D eigenvalue weighted by molar-refractivity contribution is 6.01. The molecule has 0 bridgehead atoms. The number of anilines is 1. The van der Waals surface area contributed by atoms with E-state index in [-0.39, 0.29) is 36.5 Å². The number of H-pyrrole nitrogens is 1. The molecular formula is C30H33ClN6O4. The van der Waals surface area contributed by atoms with Gasteiger partial charge in [-0.25, -0.2) is 4.79 Å². The molecule has 0 spiro atoms. The minimum absolute atomic E-state index is 0. The normalized spacial score (nSPS) is 17.3. The summed E-state index contributed by atoms with van der Waals surface area (Å²) in [4.78, 5) is 46.6. The maximum atomic E-state index is 14.0. The van der Waals surface area contributed by atoms with E-state index < -0.39 is 17.7 Å². The Morgan fingerprint density at radius 1 is 0.976 bits per heavy atom. The van der Waals surface area contributed by atoms with Crippen LogP contribution in [0, 0.1) is 11.8 Å². The molecule has 0 radical (unpaired) electrons. The zero-order valence-corrected chi connectivity index (χ0v) is 23.3. The summed E-state index contributed by atoms with van der Waals surface area (Å²) in [5.41, 5.74) is 15.8. The number of nitrogens with one attached hydrogen (secondary N) is 1. The van der Waals surface area contributed by atoms with Crippen molar-refractivity contribution in [1.29, 1.82) is 0 Å². The maximum absolute atomic E-state index is 14.0. The highest BCUT2D eigenvalue weighted by atomic mass is 35.5. The van der Waals surface area contributed by atoms with E-state index in [2.05, 4.69) is 19.6 Å². The Balaban J connectivity index is 0.00000387. The highest BCUT2D eigenvalue weighted by Gasteiger charge is 2.36. The number of carbonyl (C=O) groups is 2. The standard InChI is InChI=1S/C30H32N6O4.ClH/c31-17-20-5-9-23(10-6-20)29(38)36(25-13-11-22(12-14-25)28-34-30(39)40-35-28)26(27(32)37)16-19-3-7-21(8-4-19)24-2-1-15-33-18-24;/h1-4,7-8,11-15,18,20,23,26H,5-6,9-10,16-17,31H2,(H2,32,37)(H,34,35,39);1H/t20-,23-,26-;/m0./s1. The van der Waals surface area contributed by atoms with Crippen molar-refractivity contribution in [3.05, 3.63) is 89.2 Å². The van der Waals surface area contributed by atoms with Crippen molar-refractivity contribution < 1.29 is 14.1 Å². The molecule has 1 aliphatic rings. The lowest BCUT2D eigenvalue weighted by atomic mass is 9.81. The lowest BCUT2D eigenvalue weighted by molar-refractivity contribution is -0.127. The van der Waals surface area contributed by atoms with Crippen molar-refractivity contribution in [2.75, 3.05) is 11.4 Å². The van der Waals surface area contributed by atoms with Gasteiger partial charge < -0.3 is 11.5 Å². The van der Waals surface area contributed by atoms with Crippen LogP contribution in [0.2, 0.25) is 0 Å².